The van der Waals surface area contributed by atoms with Crippen LogP contribution in [0.2, 0.25) is 0 Å². The molecule has 2 N–H and O–H groups in total. The summed E-state index contributed by atoms with van der Waals surface area (Å²) >= 11 is 0. The van der Waals surface area contributed by atoms with E-state index < -0.39 is 0 Å². The Labute approximate surface area is 177 Å². The van der Waals surface area contributed by atoms with Gasteiger partial charge in [0.25, 0.3) is 0 Å². The van der Waals surface area contributed by atoms with Crippen LogP contribution in [0.5, 0.6) is 0 Å². The Morgan fingerprint density at radius 2 is 1.10 bits per heavy atom. The summed E-state index contributed by atoms with van der Waals surface area (Å²) < 4.78 is 0. The molecule has 4 nitrogen and oxygen atoms in total. The fourth-order valence-corrected chi connectivity index (χ4v) is 2.28. The van der Waals surface area contributed by atoms with Gasteiger partial charge in [0, 0.05) is 19.5 Å². The van der Waals surface area contributed by atoms with Gasteiger partial charge in [-0.15, -0.1) is 0 Å². The highest BCUT2D eigenvalue weighted by molar-refractivity contribution is 5.76. The molecule has 160 valence electrons. The highest BCUT2D eigenvalue weighted by Gasteiger charge is 1.97. The molecule has 0 radical (unpaired) electrons. The number of carbonyl (C=O) groups is 2. The maximum atomic E-state index is 11.5. The molecule has 0 spiro atoms. The molecule has 0 heterocycles. The monoisotopic (exact) mass is 398 g/mol. The molecule has 0 bridgehead atoms. The summed E-state index contributed by atoms with van der Waals surface area (Å²) in [5.41, 5.74) is 0. The van der Waals surface area contributed by atoms with Gasteiger partial charge in [0.1, 0.15) is 0 Å². The van der Waals surface area contributed by atoms with Crippen molar-refractivity contribution in [3.05, 3.63) is 72.9 Å². The van der Waals surface area contributed by atoms with E-state index in [4.69, 9.17) is 0 Å². The highest BCUT2D eigenvalue weighted by atomic mass is 16.1. The molecule has 29 heavy (non-hydrogen) atoms. The molecular weight excluding hydrogens is 360 g/mol. The minimum atomic E-state index is 0.0113. The SMILES string of the molecule is CC/C=C\C/C=C\C/C=C\C/C=C\C/C=C\C/C=C\CCC(=O)NCCNC=O. The van der Waals surface area contributed by atoms with Crippen molar-refractivity contribution in [3.63, 3.8) is 0 Å². The zero-order valence-corrected chi connectivity index (χ0v) is 17.9. The van der Waals surface area contributed by atoms with Gasteiger partial charge in [-0.3, -0.25) is 9.59 Å². The number of hydrogen-bond donors (Lipinski definition) is 2. The van der Waals surface area contributed by atoms with E-state index in [1.807, 2.05) is 6.08 Å². The van der Waals surface area contributed by atoms with E-state index in [2.05, 4.69) is 84.4 Å². The fraction of sp³-hybridized carbons (Fsp3) is 0.440. The highest BCUT2D eigenvalue weighted by Crippen LogP contribution is 1.97. The van der Waals surface area contributed by atoms with Crippen LogP contribution >= 0.6 is 0 Å². The maximum Gasteiger partial charge on any atom is 0.220 e. The second-order valence-corrected chi connectivity index (χ2v) is 6.38. The molecule has 0 saturated carbocycles. The van der Waals surface area contributed by atoms with Crippen LogP contribution in [-0.2, 0) is 9.59 Å². The average molecular weight is 399 g/mol. The molecule has 0 unspecified atom stereocenters. The quantitative estimate of drug-likeness (QED) is 0.186. The van der Waals surface area contributed by atoms with Crippen molar-refractivity contribution in [1.82, 2.24) is 10.6 Å². The van der Waals surface area contributed by atoms with Crippen LogP contribution in [0.1, 0.15) is 58.3 Å². The Morgan fingerprint density at radius 1 is 0.655 bits per heavy atom. The number of carbonyl (C=O) groups excluding carboxylic acids is 2. The van der Waals surface area contributed by atoms with Gasteiger partial charge in [0.2, 0.25) is 12.3 Å². The minimum Gasteiger partial charge on any atom is -0.357 e. The van der Waals surface area contributed by atoms with Crippen LogP contribution in [0.15, 0.2) is 72.9 Å². The molecule has 0 aliphatic heterocycles. The predicted octanol–water partition coefficient (Wildman–Crippen LogP) is 5.33. The third kappa shape index (κ3) is 23.3. The lowest BCUT2D eigenvalue weighted by Crippen LogP contribution is -2.30. The number of amides is 2. The van der Waals surface area contributed by atoms with Crippen molar-refractivity contribution >= 4 is 12.3 Å². The van der Waals surface area contributed by atoms with Gasteiger partial charge in [-0.05, 0) is 44.9 Å². The van der Waals surface area contributed by atoms with Crippen molar-refractivity contribution in [1.29, 1.82) is 0 Å². The third-order valence-corrected chi connectivity index (χ3v) is 3.81. The van der Waals surface area contributed by atoms with Crippen molar-refractivity contribution in [2.75, 3.05) is 13.1 Å². The van der Waals surface area contributed by atoms with Crippen molar-refractivity contribution < 1.29 is 9.59 Å². The summed E-state index contributed by atoms with van der Waals surface area (Å²) in [6.45, 7) is 3.09. The Kier molecular flexibility index (Phi) is 21.3. The molecule has 0 aromatic carbocycles. The smallest absolute Gasteiger partial charge is 0.220 e. The number of nitrogens with one attached hydrogen (secondary N) is 2. The standard InChI is InChI=1S/C25H38N2O2/c1-2-3-4-5-6-7-8-9-10-11-12-13-14-15-16-17-18-19-20-21-25(29)27-23-22-26-24-28/h3-4,6-7,9-10,12-13,15-16,18-19,24H,2,5,8,11,14,17,20-23H2,1H3,(H,26,28)(H,27,29)/b4-3-,7-6-,10-9-,13-12-,16-15-,19-18-. The molecule has 0 atom stereocenters. The lowest BCUT2D eigenvalue weighted by atomic mass is 10.2. The van der Waals surface area contributed by atoms with E-state index in [1.54, 1.807) is 0 Å². The van der Waals surface area contributed by atoms with Crippen LogP contribution in [0.4, 0.5) is 0 Å². The zero-order valence-electron chi connectivity index (χ0n) is 17.9. The van der Waals surface area contributed by atoms with Crippen LogP contribution in [0, 0.1) is 0 Å². The van der Waals surface area contributed by atoms with Gasteiger partial charge in [-0.1, -0.05) is 79.8 Å². The summed E-state index contributed by atoms with van der Waals surface area (Å²) in [6, 6.07) is 0. The first kappa shape index (κ1) is 26.4. The number of rotatable bonds is 18. The van der Waals surface area contributed by atoms with E-state index in [0.29, 0.717) is 25.9 Å². The summed E-state index contributed by atoms with van der Waals surface area (Å²) in [6.07, 6.45) is 33.8. The Balaban J connectivity index is 3.55. The van der Waals surface area contributed by atoms with Crippen LogP contribution in [-0.4, -0.2) is 25.4 Å². The molecule has 0 rings (SSSR count). The van der Waals surface area contributed by atoms with Gasteiger partial charge >= 0.3 is 0 Å². The first-order valence-electron chi connectivity index (χ1n) is 10.6. The summed E-state index contributed by atoms with van der Waals surface area (Å²) in [4.78, 5) is 21.6. The van der Waals surface area contributed by atoms with Crippen molar-refractivity contribution in [2.45, 2.75) is 58.3 Å². The van der Waals surface area contributed by atoms with Gasteiger partial charge in [0.15, 0.2) is 0 Å². The van der Waals surface area contributed by atoms with E-state index in [0.717, 1.165) is 44.9 Å². The lowest BCUT2D eigenvalue weighted by Gasteiger charge is -2.02. The van der Waals surface area contributed by atoms with Crippen molar-refractivity contribution in [2.24, 2.45) is 0 Å². The normalized spacial score (nSPS) is 12.4. The van der Waals surface area contributed by atoms with Crippen molar-refractivity contribution in [3.8, 4) is 0 Å². The number of hydrogen-bond acceptors (Lipinski definition) is 2. The minimum absolute atomic E-state index is 0.0113. The Hall–Kier alpha value is -2.62. The molecule has 0 aliphatic carbocycles. The zero-order chi connectivity index (χ0) is 21.3. The summed E-state index contributed by atoms with van der Waals surface area (Å²) in [5.74, 6) is 0.0113. The Morgan fingerprint density at radius 3 is 1.55 bits per heavy atom. The molecule has 4 heteroatoms. The third-order valence-electron chi connectivity index (χ3n) is 3.81. The van der Waals surface area contributed by atoms with Gasteiger partial charge in [-0.25, -0.2) is 0 Å². The first-order chi connectivity index (χ1) is 14.3. The molecular formula is C25H38N2O2. The maximum absolute atomic E-state index is 11.5. The summed E-state index contributed by atoms with van der Waals surface area (Å²) in [5, 5.41) is 5.25. The largest absolute Gasteiger partial charge is 0.357 e. The molecule has 0 saturated heterocycles. The van der Waals surface area contributed by atoms with Crippen LogP contribution in [0.25, 0.3) is 0 Å². The first-order valence-corrected chi connectivity index (χ1v) is 10.6. The van der Waals surface area contributed by atoms with E-state index >= 15 is 0 Å². The second kappa shape index (κ2) is 23.4. The fourth-order valence-electron chi connectivity index (χ4n) is 2.28. The van der Waals surface area contributed by atoms with Gasteiger partial charge in [0.05, 0.1) is 0 Å². The van der Waals surface area contributed by atoms with E-state index in [-0.39, 0.29) is 5.91 Å². The van der Waals surface area contributed by atoms with E-state index in [9.17, 15) is 9.59 Å². The Bertz CT molecular complexity index is 569. The molecule has 0 aliphatic rings. The number of allylic oxidation sites excluding steroid dienone is 12. The summed E-state index contributed by atoms with van der Waals surface area (Å²) in [7, 11) is 0. The lowest BCUT2D eigenvalue weighted by molar-refractivity contribution is -0.121. The second-order valence-electron chi connectivity index (χ2n) is 6.38. The molecule has 0 aromatic rings. The van der Waals surface area contributed by atoms with Crippen LogP contribution in [0.3, 0.4) is 0 Å². The predicted molar refractivity (Wildman–Crippen MR) is 125 cm³/mol. The molecule has 0 aromatic heterocycles. The van der Waals surface area contributed by atoms with E-state index in [1.165, 1.54) is 0 Å². The average Bonchev–Trinajstić information content (AvgIpc) is 2.73. The molecule has 0 fully saturated rings. The van der Waals surface area contributed by atoms with Crippen LogP contribution < -0.4 is 10.6 Å². The molecule has 2 amide bonds. The topological polar surface area (TPSA) is 58.2 Å². The van der Waals surface area contributed by atoms with Gasteiger partial charge < -0.3 is 10.6 Å². The van der Waals surface area contributed by atoms with Gasteiger partial charge in [-0.2, -0.15) is 0 Å².